The van der Waals surface area contributed by atoms with Crippen molar-refractivity contribution in [1.29, 1.82) is 0 Å². The van der Waals surface area contributed by atoms with Crippen molar-refractivity contribution < 1.29 is 26.7 Å². The average Bonchev–Trinajstić information content (AvgIpc) is 3.29. The summed E-state index contributed by atoms with van der Waals surface area (Å²) in [6.45, 7) is 6.79. The van der Waals surface area contributed by atoms with Crippen LogP contribution in [0.1, 0.15) is 24.5 Å². The molecule has 0 spiro atoms. The molecule has 3 aliphatic rings. The Balaban J connectivity index is 0.00000253. The minimum absolute atomic E-state index is 0. The van der Waals surface area contributed by atoms with Crippen molar-refractivity contribution in [3.05, 3.63) is 72.9 Å². The van der Waals surface area contributed by atoms with Gasteiger partial charge >= 0.3 is 0 Å². The second-order valence-corrected chi connectivity index (χ2v) is 9.82. The molecule has 8 heteroatoms. The fourth-order valence-corrected chi connectivity index (χ4v) is 6.38. The van der Waals surface area contributed by atoms with Gasteiger partial charge in [-0.05, 0) is 47.9 Å². The Labute approximate surface area is 211 Å². The molecule has 3 aliphatic heterocycles. The quantitative estimate of drug-likeness (QED) is 0.323. The number of fused-ring (bicyclic) bond motifs is 5. The third-order valence-corrected chi connectivity index (χ3v) is 8.18. The molecule has 7 nitrogen and oxygen atoms in total. The Bertz CT molecular complexity index is 1370. The lowest BCUT2D eigenvalue weighted by atomic mass is 9.71. The summed E-state index contributed by atoms with van der Waals surface area (Å²) < 4.78 is 8.26. The monoisotopic (exact) mass is 491 g/mol. The number of ether oxygens (including phenoxy) is 1. The first-order valence-electron chi connectivity index (χ1n) is 12.0. The Morgan fingerprint density at radius 3 is 2.91 bits per heavy atom. The second-order valence-electron chi connectivity index (χ2n) is 9.82. The highest BCUT2D eigenvalue weighted by atomic mass is 35.5. The molecule has 1 unspecified atom stereocenters. The molecule has 7 rings (SSSR count). The Morgan fingerprint density at radius 2 is 2.09 bits per heavy atom. The molecule has 35 heavy (non-hydrogen) atoms. The van der Waals surface area contributed by atoms with E-state index in [-0.39, 0.29) is 18.4 Å². The van der Waals surface area contributed by atoms with Crippen molar-refractivity contribution in [2.75, 3.05) is 20.2 Å². The van der Waals surface area contributed by atoms with Crippen LogP contribution in [-0.4, -0.2) is 55.8 Å². The van der Waals surface area contributed by atoms with Crippen molar-refractivity contribution in [2.24, 2.45) is 11.8 Å². The van der Waals surface area contributed by atoms with Crippen LogP contribution in [0.15, 0.2) is 67.4 Å². The SMILES string of the molecule is C=C[C@H]1C[N+]2(Cn3nnc4ccccc43)CC[C@H]1C[C@H]2[C@H](O)c1ccnc2ccc(OC)cc12.[Cl-]. The number of halogens is 1. The van der Waals surface area contributed by atoms with Crippen molar-refractivity contribution in [2.45, 2.75) is 31.7 Å². The maximum atomic E-state index is 11.9. The number of aliphatic hydroxyl groups excluding tert-OH is 1. The number of aromatic nitrogens is 4. The van der Waals surface area contributed by atoms with Crippen molar-refractivity contribution in [1.82, 2.24) is 20.0 Å². The fraction of sp³-hybridized carbons (Fsp3) is 0.370. The maximum absolute atomic E-state index is 11.9. The molecule has 5 atom stereocenters. The van der Waals surface area contributed by atoms with Gasteiger partial charge in [0, 0.05) is 30.3 Å². The molecule has 2 aromatic carbocycles. The molecular weight excluding hydrogens is 462 g/mol. The predicted molar refractivity (Wildman–Crippen MR) is 131 cm³/mol. The molecule has 182 valence electrons. The highest BCUT2D eigenvalue weighted by Crippen LogP contribution is 2.47. The normalized spacial score (nSPS) is 26.4. The zero-order valence-corrected chi connectivity index (χ0v) is 20.6. The largest absolute Gasteiger partial charge is 1.00 e. The zero-order valence-electron chi connectivity index (χ0n) is 19.8. The average molecular weight is 492 g/mol. The van der Waals surface area contributed by atoms with Gasteiger partial charge in [-0.25, -0.2) is 0 Å². The summed E-state index contributed by atoms with van der Waals surface area (Å²) in [5.41, 5.74) is 3.71. The van der Waals surface area contributed by atoms with E-state index >= 15 is 0 Å². The smallest absolute Gasteiger partial charge is 0.177 e. The number of aliphatic hydroxyl groups is 1. The van der Waals surface area contributed by atoms with Gasteiger partial charge in [0.1, 0.15) is 23.4 Å². The molecule has 1 N–H and O–H groups in total. The molecule has 3 fully saturated rings. The van der Waals surface area contributed by atoms with Gasteiger partial charge < -0.3 is 22.3 Å². The van der Waals surface area contributed by atoms with Crippen LogP contribution >= 0.6 is 0 Å². The third-order valence-electron chi connectivity index (χ3n) is 8.18. The van der Waals surface area contributed by atoms with E-state index < -0.39 is 6.10 Å². The maximum Gasteiger partial charge on any atom is 0.177 e. The van der Waals surface area contributed by atoms with E-state index in [1.165, 1.54) is 0 Å². The van der Waals surface area contributed by atoms with E-state index in [9.17, 15) is 5.11 Å². The van der Waals surface area contributed by atoms with E-state index in [0.29, 0.717) is 18.5 Å². The summed E-state index contributed by atoms with van der Waals surface area (Å²) in [4.78, 5) is 4.52. The van der Waals surface area contributed by atoms with Crippen LogP contribution in [0.3, 0.4) is 0 Å². The topological polar surface area (TPSA) is 73.1 Å². The van der Waals surface area contributed by atoms with Crippen LogP contribution in [0.25, 0.3) is 21.9 Å². The lowest BCUT2D eigenvalue weighted by Crippen LogP contribution is -3.00. The number of quaternary nitrogens is 1. The van der Waals surface area contributed by atoms with Crippen molar-refractivity contribution in [3.63, 3.8) is 0 Å². The highest BCUT2D eigenvalue weighted by molar-refractivity contribution is 5.84. The van der Waals surface area contributed by atoms with Crippen molar-refractivity contribution >= 4 is 21.9 Å². The first-order valence-corrected chi connectivity index (χ1v) is 12.0. The molecule has 5 heterocycles. The molecule has 0 aliphatic carbocycles. The number of hydrogen-bond acceptors (Lipinski definition) is 5. The summed E-state index contributed by atoms with van der Waals surface area (Å²) in [6.07, 6.45) is 5.38. The van der Waals surface area contributed by atoms with Crippen molar-refractivity contribution in [3.8, 4) is 5.75 Å². The molecule has 0 radical (unpaired) electrons. The lowest BCUT2D eigenvalue weighted by Gasteiger charge is -2.57. The predicted octanol–water partition coefficient (Wildman–Crippen LogP) is 1.09. The fourth-order valence-electron chi connectivity index (χ4n) is 6.38. The number of hydrogen-bond donors (Lipinski definition) is 1. The number of methoxy groups -OCH3 is 1. The number of benzene rings is 2. The number of pyridine rings is 1. The highest BCUT2D eigenvalue weighted by Gasteiger charge is 2.54. The summed E-state index contributed by atoms with van der Waals surface area (Å²) >= 11 is 0. The minimum atomic E-state index is -0.624. The molecule has 2 aromatic heterocycles. The van der Waals surface area contributed by atoms with Crippen LogP contribution in [0.4, 0.5) is 0 Å². The van der Waals surface area contributed by atoms with Gasteiger partial charge in [-0.3, -0.25) is 9.47 Å². The molecule has 2 bridgehead atoms. The zero-order chi connectivity index (χ0) is 23.3. The summed E-state index contributed by atoms with van der Waals surface area (Å²) in [5, 5.41) is 21.8. The van der Waals surface area contributed by atoms with Gasteiger partial charge in [0.05, 0.1) is 31.2 Å². The minimum Gasteiger partial charge on any atom is -1.00 e. The van der Waals surface area contributed by atoms with Gasteiger partial charge in [-0.2, -0.15) is 4.68 Å². The second kappa shape index (κ2) is 9.22. The van der Waals surface area contributed by atoms with E-state index in [4.69, 9.17) is 4.74 Å². The molecule has 3 saturated heterocycles. The van der Waals surface area contributed by atoms with Gasteiger partial charge in [0.15, 0.2) is 6.67 Å². The van der Waals surface area contributed by atoms with Gasteiger partial charge in [-0.15, -0.1) is 11.7 Å². The standard InChI is InChI=1S/C27H30N5O2.ClH/c1-3-18-16-32(17-31-25-7-5-4-6-24(25)29-30-31)13-11-19(18)14-26(32)27(33)21-10-12-28-23-9-8-20(34-2)15-22(21)23;/h3-10,12,15,18-19,26-27,33H,1,11,13-14,16-17H2,2H3;1H/q+1;/p-1/t18-,19-,26-,27+,32?;/m0./s1. The Kier molecular flexibility index (Phi) is 6.25. The van der Waals surface area contributed by atoms with E-state index in [2.05, 4.69) is 34.0 Å². The Hall–Kier alpha value is -3.00. The number of rotatable bonds is 6. The third kappa shape index (κ3) is 3.88. The first kappa shape index (κ1) is 23.7. The summed E-state index contributed by atoms with van der Waals surface area (Å²) in [5.74, 6) is 1.76. The van der Waals surface area contributed by atoms with E-state index in [1.807, 2.05) is 47.1 Å². The number of piperidine rings is 3. The number of nitrogens with zero attached hydrogens (tertiary/aromatic N) is 5. The molecule has 0 saturated carbocycles. The molecular formula is C27H30ClN5O2. The van der Waals surface area contributed by atoms with Crippen LogP contribution < -0.4 is 17.1 Å². The van der Waals surface area contributed by atoms with E-state index in [0.717, 1.165) is 63.7 Å². The van der Waals surface area contributed by atoms with Gasteiger partial charge in [0.25, 0.3) is 0 Å². The van der Waals surface area contributed by atoms with Crippen LogP contribution in [0, 0.1) is 11.8 Å². The molecule has 4 aromatic rings. The first-order chi connectivity index (χ1) is 16.6. The number of para-hydroxylation sites is 1. The summed E-state index contributed by atoms with van der Waals surface area (Å²) in [6, 6.07) is 16.0. The Morgan fingerprint density at radius 1 is 1.23 bits per heavy atom. The lowest BCUT2D eigenvalue weighted by molar-refractivity contribution is -0.992. The van der Waals surface area contributed by atoms with E-state index in [1.54, 1.807) is 13.3 Å². The van der Waals surface area contributed by atoms with Crippen LogP contribution in [-0.2, 0) is 6.67 Å². The van der Waals surface area contributed by atoms with Crippen LogP contribution in [0.2, 0.25) is 0 Å². The van der Waals surface area contributed by atoms with Crippen LogP contribution in [0.5, 0.6) is 5.75 Å². The molecule has 0 amide bonds. The van der Waals surface area contributed by atoms with Gasteiger partial charge in [0.2, 0.25) is 0 Å². The van der Waals surface area contributed by atoms with Gasteiger partial charge in [-0.1, -0.05) is 23.4 Å². The summed E-state index contributed by atoms with van der Waals surface area (Å²) in [7, 11) is 1.66.